The van der Waals surface area contributed by atoms with Crippen LogP contribution in [0.1, 0.15) is 22.8 Å². The molecule has 72 valence electrons. The molecule has 0 bridgehead atoms. The molecule has 1 atom stereocenters. The molecule has 1 aromatic rings. The van der Waals surface area contributed by atoms with Crippen molar-refractivity contribution in [3.05, 3.63) is 34.9 Å². The lowest BCUT2D eigenvalue weighted by Crippen LogP contribution is -2.07. The van der Waals surface area contributed by atoms with Crippen molar-refractivity contribution >= 4 is 0 Å². The van der Waals surface area contributed by atoms with Crippen molar-refractivity contribution < 1.29 is 9.84 Å². The highest BCUT2D eigenvalue weighted by Gasteiger charge is 2.10. The first kappa shape index (κ1) is 10.2. The summed E-state index contributed by atoms with van der Waals surface area (Å²) >= 11 is 0. The zero-order chi connectivity index (χ0) is 9.84. The zero-order valence-electron chi connectivity index (χ0n) is 8.37. The topological polar surface area (TPSA) is 29.5 Å². The highest BCUT2D eigenvalue weighted by atomic mass is 16.5. The number of aryl methyl sites for hydroxylation is 1. The van der Waals surface area contributed by atoms with Crippen molar-refractivity contribution in [2.75, 3.05) is 13.7 Å². The summed E-state index contributed by atoms with van der Waals surface area (Å²) in [6.07, 6.45) is -0.509. The summed E-state index contributed by atoms with van der Waals surface area (Å²) in [4.78, 5) is 0. The fraction of sp³-hybridized carbons (Fsp3) is 0.455. The molecule has 0 aliphatic heterocycles. The third-order valence-corrected chi connectivity index (χ3v) is 2.33. The molecule has 0 radical (unpaired) electrons. The van der Waals surface area contributed by atoms with E-state index in [0.29, 0.717) is 6.61 Å². The van der Waals surface area contributed by atoms with Crippen LogP contribution < -0.4 is 0 Å². The van der Waals surface area contributed by atoms with Crippen LogP contribution in [0.4, 0.5) is 0 Å². The highest BCUT2D eigenvalue weighted by Crippen LogP contribution is 2.20. The molecule has 0 aliphatic rings. The van der Waals surface area contributed by atoms with Gasteiger partial charge in [-0.15, -0.1) is 0 Å². The first-order valence-corrected chi connectivity index (χ1v) is 4.40. The molecular formula is C11H16O2. The number of hydrogen-bond acceptors (Lipinski definition) is 2. The van der Waals surface area contributed by atoms with E-state index >= 15 is 0 Å². The van der Waals surface area contributed by atoms with Gasteiger partial charge < -0.3 is 9.84 Å². The Kier molecular flexibility index (Phi) is 3.46. The molecule has 1 N–H and O–H groups in total. The Morgan fingerprint density at radius 2 is 2.08 bits per heavy atom. The molecule has 1 aromatic carbocycles. The third-order valence-electron chi connectivity index (χ3n) is 2.33. The van der Waals surface area contributed by atoms with Gasteiger partial charge in [0.15, 0.2) is 0 Å². The van der Waals surface area contributed by atoms with Crippen LogP contribution in [0.25, 0.3) is 0 Å². The van der Waals surface area contributed by atoms with Crippen LogP contribution >= 0.6 is 0 Å². The summed E-state index contributed by atoms with van der Waals surface area (Å²) in [7, 11) is 1.59. The molecule has 0 spiro atoms. The van der Waals surface area contributed by atoms with E-state index in [2.05, 4.69) is 0 Å². The van der Waals surface area contributed by atoms with Gasteiger partial charge in [-0.2, -0.15) is 0 Å². The van der Waals surface area contributed by atoms with Crippen LogP contribution in [-0.2, 0) is 4.74 Å². The molecule has 1 unspecified atom stereocenters. The molecule has 0 amide bonds. The average Bonchev–Trinajstić information content (AvgIpc) is 2.10. The molecular weight excluding hydrogens is 164 g/mol. The summed E-state index contributed by atoms with van der Waals surface area (Å²) in [6, 6.07) is 5.93. The fourth-order valence-corrected chi connectivity index (χ4v) is 1.38. The molecule has 2 nitrogen and oxygen atoms in total. The van der Waals surface area contributed by atoms with Crippen LogP contribution in [0.5, 0.6) is 0 Å². The predicted octanol–water partition coefficient (Wildman–Crippen LogP) is 1.98. The van der Waals surface area contributed by atoms with E-state index in [1.165, 1.54) is 5.56 Å². The molecule has 0 fully saturated rings. The number of ether oxygens (including phenoxy) is 1. The predicted molar refractivity (Wildman–Crippen MR) is 52.8 cm³/mol. The minimum atomic E-state index is -0.509. The van der Waals surface area contributed by atoms with Gasteiger partial charge in [-0.3, -0.25) is 0 Å². The van der Waals surface area contributed by atoms with Crippen LogP contribution in [0.3, 0.4) is 0 Å². The fourth-order valence-electron chi connectivity index (χ4n) is 1.38. The quantitative estimate of drug-likeness (QED) is 0.770. The summed E-state index contributed by atoms with van der Waals surface area (Å²) in [5, 5.41) is 9.70. The Morgan fingerprint density at radius 3 is 2.69 bits per heavy atom. The summed E-state index contributed by atoms with van der Waals surface area (Å²) in [5.41, 5.74) is 3.31. The minimum Gasteiger partial charge on any atom is -0.386 e. The highest BCUT2D eigenvalue weighted by molar-refractivity contribution is 5.34. The Labute approximate surface area is 79.2 Å². The maximum Gasteiger partial charge on any atom is 0.103 e. The number of aliphatic hydroxyl groups is 1. The second-order valence-corrected chi connectivity index (χ2v) is 3.26. The van der Waals surface area contributed by atoms with E-state index in [9.17, 15) is 5.11 Å². The van der Waals surface area contributed by atoms with Crippen molar-refractivity contribution in [2.45, 2.75) is 20.0 Å². The van der Waals surface area contributed by atoms with Gasteiger partial charge in [-0.1, -0.05) is 18.2 Å². The first-order chi connectivity index (χ1) is 6.16. The standard InChI is InChI=1S/C11H16O2/c1-8-5-4-6-10(9(8)2)11(12)7-13-3/h4-6,11-12H,7H2,1-3H3. The number of methoxy groups -OCH3 is 1. The Morgan fingerprint density at radius 1 is 1.38 bits per heavy atom. The van der Waals surface area contributed by atoms with Crippen molar-refractivity contribution in [2.24, 2.45) is 0 Å². The van der Waals surface area contributed by atoms with Gasteiger partial charge in [0, 0.05) is 7.11 Å². The van der Waals surface area contributed by atoms with E-state index in [1.807, 2.05) is 32.0 Å². The van der Waals surface area contributed by atoms with Crippen molar-refractivity contribution in [1.82, 2.24) is 0 Å². The van der Waals surface area contributed by atoms with Gasteiger partial charge in [-0.05, 0) is 30.5 Å². The van der Waals surface area contributed by atoms with Crippen LogP contribution in [0.15, 0.2) is 18.2 Å². The molecule has 2 heteroatoms. The maximum atomic E-state index is 9.70. The van der Waals surface area contributed by atoms with Gasteiger partial charge in [0.1, 0.15) is 6.10 Å². The van der Waals surface area contributed by atoms with Gasteiger partial charge >= 0.3 is 0 Å². The smallest absolute Gasteiger partial charge is 0.103 e. The lowest BCUT2D eigenvalue weighted by atomic mass is 10.00. The van der Waals surface area contributed by atoms with E-state index in [0.717, 1.165) is 11.1 Å². The monoisotopic (exact) mass is 180 g/mol. The summed E-state index contributed by atoms with van der Waals surface area (Å²) in [6.45, 7) is 4.41. The van der Waals surface area contributed by atoms with E-state index < -0.39 is 6.10 Å². The van der Waals surface area contributed by atoms with E-state index in [-0.39, 0.29) is 0 Å². The number of aliphatic hydroxyl groups excluding tert-OH is 1. The summed E-state index contributed by atoms with van der Waals surface area (Å²) in [5.74, 6) is 0. The van der Waals surface area contributed by atoms with Crippen LogP contribution in [0, 0.1) is 13.8 Å². The largest absolute Gasteiger partial charge is 0.386 e. The molecule has 0 aliphatic carbocycles. The molecule has 13 heavy (non-hydrogen) atoms. The molecule has 0 heterocycles. The number of hydrogen-bond donors (Lipinski definition) is 1. The Balaban J connectivity index is 2.93. The van der Waals surface area contributed by atoms with E-state index in [4.69, 9.17) is 4.74 Å². The molecule has 0 saturated heterocycles. The summed E-state index contributed by atoms with van der Waals surface area (Å²) < 4.78 is 4.90. The third kappa shape index (κ3) is 2.29. The van der Waals surface area contributed by atoms with Crippen LogP contribution in [0.2, 0.25) is 0 Å². The Bertz CT molecular complexity index is 281. The molecule has 0 aromatic heterocycles. The van der Waals surface area contributed by atoms with Gasteiger partial charge in [0.05, 0.1) is 6.61 Å². The normalized spacial score (nSPS) is 12.9. The van der Waals surface area contributed by atoms with Crippen molar-refractivity contribution in [1.29, 1.82) is 0 Å². The van der Waals surface area contributed by atoms with Crippen molar-refractivity contribution in [3.8, 4) is 0 Å². The second-order valence-electron chi connectivity index (χ2n) is 3.26. The SMILES string of the molecule is COCC(O)c1cccc(C)c1C. The van der Waals surface area contributed by atoms with E-state index in [1.54, 1.807) is 7.11 Å². The average molecular weight is 180 g/mol. The first-order valence-electron chi connectivity index (χ1n) is 4.40. The number of rotatable bonds is 3. The second kappa shape index (κ2) is 4.40. The Hall–Kier alpha value is -0.860. The number of benzene rings is 1. The minimum absolute atomic E-state index is 0.351. The van der Waals surface area contributed by atoms with Crippen LogP contribution in [-0.4, -0.2) is 18.8 Å². The zero-order valence-corrected chi connectivity index (χ0v) is 8.37. The molecule has 1 rings (SSSR count). The lowest BCUT2D eigenvalue weighted by molar-refractivity contribution is 0.0640. The maximum absolute atomic E-state index is 9.70. The van der Waals surface area contributed by atoms with Gasteiger partial charge in [0.2, 0.25) is 0 Å². The lowest BCUT2D eigenvalue weighted by Gasteiger charge is -2.14. The molecule has 0 saturated carbocycles. The van der Waals surface area contributed by atoms with Gasteiger partial charge in [0.25, 0.3) is 0 Å². The van der Waals surface area contributed by atoms with Crippen molar-refractivity contribution in [3.63, 3.8) is 0 Å². The van der Waals surface area contributed by atoms with Gasteiger partial charge in [-0.25, -0.2) is 0 Å².